The number of nitrogens with zero attached hydrogens (tertiary/aromatic N) is 5. The maximum Gasteiger partial charge on any atom is 0.128 e. The van der Waals surface area contributed by atoms with E-state index in [0.29, 0.717) is 18.9 Å². The van der Waals surface area contributed by atoms with E-state index >= 15 is 0 Å². The molecule has 268 valence electrons. The molecule has 5 nitrogen and oxygen atoms in total. The molecule has 3 unspecified atom stereocenters. The Hall–Kier alpha value is -3.98. The number of aromatic nitrogens is 1. The zero-order valence-corrected chi connectivity index (χ0v) is 31.2. The van der Waals surface area contributed by atoms with E-state index in [1.54, 1.807) is 6.92 Å². The highest BCUT2D eigenvalue weighted by Gasteiger charge is 2.40. The molecule has 0 N–H and O–H groups in total. The van der Waals surface area contributed by atoms with Crippen LogP contribution in [0.3, 0.4) is 0 Å². The second kappa shape index (κ2) is 16.4. The molecule has 0 spiro atoms. The highest BCUT2D eigenvalue weighted by atomic mass is 19.1. The van der Waals surface area contributed by atoms with E-state index in [-0.39, 0.29) is 12.6 Å². The van der Waals surface area contributed by atoms with Crippen molar-refractivity contribution in [3.05, 3.63) is 97.3 Å². The van der Waals surface area contributed by atoms with Crippen molar-refractivity contribution < 1.29 is 4.39 Å². The normalized spacial score (nSPS) is 22.7. The van der Waals surface area contributed by atoms with Crippen LogP contribution in [0, 0.1) is 24.2 Å². The van der Waals surface area contributed by atoms with Gasteiger partial charge in [0.15, 0.2) is 0 Å². The van der Waals surface area contributed by atoms with Crippen LogP contribution in [-0.2, 0) is 6.42 Å². The number of allylic oxidation sites excluding steroid dienone is 3. The lowest BCUT2D eigenvalue weighted by molar-refractivity contribution is 0.197. The van der Waals surface area contributed by atoms with E-state index in [4.69, 9.17) is 6.42 Å². The number of hydrogen-bond acceptors (Lipinski definition) is 5. The third kappa shape index (κ3) is 9.02. The molecule has 3 fully saturated rings. The molecular formula is C44H60FN5. The largest absolute Gasteiger partial charge is 0.375 e. The van der Waals surface area contributed by atoms with E-state index in [1.165, 1.54) is 61.2 Å². The van der Waals surface area contributed by atoms with Crippen molar-refractivity contribution in [2.75, 3.05) is 39.8 Å². The minimum Gasteiger partial charge on any atom is -0.375 e. The molecule has 1 aromatic heterocycles. The summed E-state index contributed by atoms with van der Waals surface area (Å²) in [5, 5.41) is 1.11. The molecule has 6 heteroatoms. The molecule has 3 aliphatic rings. The van der Waals surface area contributed by atoms with Gasteiger partial charge in [0.25, 0.3) is 0 Å². The van der Waals surface area contributed by atoms with Crippen molar-refractivity contribution in [1.29, 1.82) is 0 Å². The molecule has 1 aromatic carbocycles. The molecular weight excluding hydrogens is 618 g/mol. The smallest absolute Gasteiger partial charge is 0.128 e. The number of rotatable bonds is 16. The van der Waals surface area contributed by atoms with Crippen molar-refractivity contribution in [1.82, 2.24) is 24.6 Å². The lowest BCUT2D eigenvalue weighted by atomic mass is 9.90. The number of likely N-dealkylation sites (tertiary alicyclic amines) is 3. The van der Waals surface area contributed by atoms with Gasteiger partial charge in [0.1, 0.15) is 5.67 Å². The number of benzene rings is 1. The fourth-order valence-electron chi connectivity index (χ4n) is 8.22. The minimum absolute atomic E-state index is 0.269. The van der Waals surface area contributed by atoms with Crippen molar-refractivity contribution in [3.63, 3.8) is 0 Å². The fourth-order valence-corrected chi connectivity index (χ4v) is 8.22. The number of unbranched alkanes of at least 4 members (excludes halogenated alkanes) is 2. The van der Waals surface area contributed by atoms with Gasteiger partial charge in [0, 0.05) is 84.7 Å². The SMILES string of the molecule is C#CC1CC(C)(F)CN1C(=C)CN(C)C(=C)c1ccnc2ccc(CCCCCC3CCN(C(=C)CCCN4C(=C)CC(C)C4=C)CC3)cc12. The maximum absolute atomic E-state index is 14.8. The van der Waals surface area contributed by atoms with Gasteiger partial charge in [-0.15, -0.1) is 6.42 Å². The summed E-state index contributed by atoms with van der Waals surface area (Å²) in [6.07, 6.45) is 19.8. The molecule has 3 atom stereocenters. The summed E-state index contributed by atoms with van der Waals surface area (Å²) in [4.78, 5) is 13.5. The van der Waals surface area contributed by atoms with Crippen LogP contribution in [0.2, 0.25) is 0 Å². The lowest BCUT2D eigenvalue weighted by Crippen LogP contribution is -2.34. The molecule has 0 amide bonds. The van der Waals surface area contributed by atoms with Crippen LogP contribution in [-0.4, -0.2) is 76.1 Å². The van der Waals surface area contributed by atoms with Crippen LogP contribution in [0.1, 0.15) is 89.2 Å². The summed E-state index contributed by atoms with van der Waals surface area (Å²) in [6, 6.07) is 8.41. The Morgan fingerprint density at radius 2 is 1.84 bits per heavy atom. The fraction of sp³-hybridized carbons (Fsp3) is 0.523. The minimum atomic E-state index is -1.30. The van der Waals surface area contributed by atoms with Crippen LogP contribution in [0.15, 0.2) is 86.1 Å². The summed E-state index contributed by atoms with van der Waals surface area (Å²) in [7, 11) is 2.01. The summed E-state index contributed by atoms with van der Waals surface area (Å²) < 4.78 is 14.8. The Kier molecular flexibility index (Phi) is 12.2. The van der Waals surface area contributed by atoms with E-state index in [1.807, 2.05) is 24.2 Å². The topological polar surface area (TPSA) is 25.9 Å². The standard InChI is InChI=1S/C44H60FN5/c1-10-40-29-44(8,45)31-50(40)35(5)30-47(9)37(7)41-20-23-46-43-19-18-39(28-42(41)43)17-13-11-12-16-38-21-25-48(26-22-38)33(3)15-14-24-49-34(4)27-32(2)36(49)6/h1,18-20,23,28,32,38,40H,3-7,11-17,21-22,24-27,29-31H2,2,8-9H3. The molecule has 5 rings (SSSR count). The predicted molar refractivity (Wildman–Crippen MR) is 210 cm³/mol. The Balaban J connectivity index is 1.03. The highest BCUT2D eigenvalue weighted by Crippen LogP contribution is 2.35. The maximum atomic E-state index is 14.8. The number of terminal acetylenes is 1. The van der Waals surface area contributed by atoms with E-state index in [0.717, 1.165) is 79.1 Å². The van der Waals surface area contributed by atoms with Crippen molar-refractivity contribution in [2.45, 2.75) is 96.2 Å². The monoisotopic (exact) mass is 677 g/mol. The molecule has 0 radical (unpaired) electrons. The third-order valence-electron chi connectivity index (χ3n) is 11.4. The predicted octanol–water partition coefficient (Wildman–Crippen LogP) is 9.56. The number of pyridine rings is 1. The number of alkyl halides is 1. The number of hydrogen-bond donors (Lipinski definition) is 0. The number of likely N-dealkylation sites (N-methyl/N-ethyl adjacent to an activating group) is 1. The molecule has 0 saturated carbocycles. The quantitative estimate of drug-likeness (QED) is 0.130. The van der Waals surface area contributed by atoms with Crippen LogP contribution in [0.5, 0.6) is 0 Å². The van der Waals surface area contributed by atoms with Crippen LogP contribution < -0.4 is 0 Å². The molecule has 0 aliphatic carbocycles. The second-order valence-electron chi connectivity index (χ2n) is 15.5. The number of halogens is 1. The van der Waals surface area contributed by atoms with Crippen molar-refractivity contribution >= 4 is 16.6 Å². The highest BCUT2D eigenvalue weighted by molar-refractivity contribution is 5.91. The number of fused-ring (bicyclic) bond motifs is 1. The molecule has 3 saturated heterocycles. The molecule has 50 heavy (non-hydrogen) atoms. The van der Waals surface area contributed by atoms with Gasteiger partial charge in [0.2, 0.25) is 0 Å². The summed E-state index contributed by atoms with van der Waals surface area (Å²) in [5.41, 5.74) is 7.49. The van der Waals surface area contributed by atoms with Crippen molar-refractivity contribution in [2.24, 2.45) is 11.8 Å². The van der Waals surface area contributed by atoms with E-state index in [2.05, 4.69) is 83.6 Å². The summed E-state index contributed by atoms with van der Waals surface area (Å²) in [5.74, 6) is 4.09. The average Bonchev–Trinajstić information content (AvgIpc) is 3.55. The van der Waals surface area contributed by atoms with Gasteiger partial charge in [-0.05, 0) is 81.5 Å². The molecule has 3 aliphatic heterocycles. The average molecular weight is 678 g/mol. The lowest BCUT2D eigenvalue weighted by Gasteiger charge is -2.35. The second-order valence-corrected chi connectivity index (χ2v) is 15.5. The molecule has 2 aromatic rings. The van der Waals surface area contributed by atoms with Gasteiger partial charge in [-0.1, -0.05) is 71.1 Å². The summed E-state index contributed by atoms with van der Waals surface area (Å²) in [6.45, 7) is 29.6. The van der Waals surface area contributed by atoms with Gasteiger partial charge in [-0.25, -0.2) is 4.39 Å². The van der Waals surface area contributed by atoms with Crippen LogP contribution in [0.4, 0.5) is 4.39 Å². The molecule has 4 heterocycles. The van der Waals surface area contributed by atoms with Crippen LogP contribution >= 0.6 is 0 Å². The van der Waals surface area contributed by atoms with Gasteiger partial charge >= 0.3 is 0 Å². The Labute approximate surface area is 302 Å². The Bertz CT molecular complexity index is 1620. The van der Waals surface area contributed by atoms with Gasteiger partial charge < -0.3 is 19.6 Å². The Morgan fingerprint density at radius 1 is 1.08 bits per heavy atom. The first-order chi connectivity index (χ1) is 23.9. The first kappa shape index (κ1) is 37.3. The zero-order chi connectivity index (χ0) is 36.0. The van der Waals surface area contributed by atoms with Gasteiger partial charge in [-0.3, -0.25) is 4.98 Å². The third-order valence-corrected chi connectivity index (χ3v) is 11.4. The van der Waals surface area contributed by atoms with Crippen LogP contribution in [0.25, 0.3) is 16.6 Å². The van der Waals surface area contributed by atoms with Crippen molar-refractivity contribution in [3.8, 4) is 12.3 Å². The zero-order valence-electron chi connectivity index (χ0n) is 31.2. The Morgan fingerprint density at radius 3 is 2.54 bits per heavy atom. The van der Waals surface area contributed by atoms with Gasteiger partial charge in [0.05, 0.1) is 24.6 Å². The van der Waals surface area contributed by atoms with Gasteiger partial charge in [-0.2, -0.15) is 0 Å². The molecule has 0 bridgehead atoms. The number of piperidine rings is 1. The first-order valence-corrected chi connectivity index (χ1v) is 18.8. The number of aryl methyl sites for hydroxylation is 1. The van der Waals surface area contributed by atoms with E-state index < -0.39 is 5.67 Å². The van der Waals surface area contributed by atoms with E-state index in [9.17, 15) is 4.39 Å². The first-order valence-electron chi connectivity index (χ1n) is 18.8. The summed E-state index contributed by atoms with van der Waals surface area (Å²) >= 11 is 0.